The monoisotopic (exact) mass is 387 g/mol. The molecule has 7 nitrogen and oxygen atoms in total. The van der Waals surface area contributed by atoms with E-state index in [1.54, 1.807) is 36.4 Å². The van der Waals surface area contributed by atoms with Crippen LogP contribution in [0.1, 0.15) is 23.7 Å². The second-order valence-electron chi connectivity index (χ2n) is 6.61. The summed E-state index contributed by atoms with van der Waals surface area (Å²) in [6.07, 6.45) is 2.38. The number of aromatic nitrogens is 1. The quantitative estimate of drug-likeness (QED) is 0.751. The van der Waals surface area contributed by atoms with Crippen LogP contribution < -0.4 is 16.0 Å². The van der Waals surface area contributed by atoms with Crippen molar-refractivity contribution in [2.45, 2.75) is 25.4 Å². The Bertz CT molecular complexity index is 827. The molecule has 0 radical (unpaired) electrons. The molecule has 1 aliphatic rings. The first-order valence-corrected chi connectivity index (χ1v) is 9.11. The van der Waals surface area contributed by atoms with Gasteiger partial charge in [0.25, 0.3) is 5.91 Å². The molecular formula is C19H22ClN5O2. The van der Waals surface area contributed by atoms with Crippen molar-refractivity contribution in [3.05, 3.63) is 53.2 Å². The number of nitrogens with zero attached hydrogens (tertiary/aromatic N) is 2. The highest BCUT2D eigenvalue weighted by atomic mass is 35.5. The highest BCUT2D eigenvalue weighted by Gasteiger charge is 2.29. The average Bonchev–Trinajstić information content (AvgIpc) is 2.96. The van der Waals surface area contributed by atoms with E-state index in [9.17, 15) is 9.59 Å². The highest BCUT2D eigenvalue weighted by molar-refractivity contribution is 6.30. The molecule has 1 aliphatic heterocycles. The Hall–Kier alpha value is -2.64. The fourth-order valence-electron chi connectivity index (χ4n) is 3.00. The molecule has 1 aromatic carbocycles. The van der Waals surface area contributed by atoms with Crippen LogP contribution in [0.25, 0.3) is 0 Å². The van der Waals surface area contributed by atoms with E-state index >= 15 is 0 Å². The molecule has 1 aromatic heterocycles. The molecule has 3 rings (SSSR count). The number of pyridine rings is 1. The molecule has 27 heavy (non-hydrogen) atoms. The molecule has 2 heterocycles. The molecule has 1 saturated heterocycles. The lowest BCUT2D eigenvalue weighted by Crippen LogP contribution is -2.44. The zero-order valence-corrected chi connectivity index (χ0v) is 16.0. The highest BCUT2D eigenvalue weighted by Crippen LogP contribution is 2.17. The summed E-state index contributed by atoms with van der Waals surface area (Å²) < 4.78 is 0. The van der Waals surface area contributed by atoms with Crippen LogP contribution in [0.5, 0.6) is 0 Å². The van der Waals surface area contributed by atoms with E-state index in [1.165, 1.54) is 6.20 Å². The van der Waals surface area contributed by atoms with Gasteiger partial charge in [-0.15, -0.1) is 0 Å². The maximum absolute atomic E-state index is 12.4. The number of halogens is 1. The van der Waals surface area contributed by atoms with E-state index in [4.69, 9.17) is 11.6 Å². The zero-order valence-electron chi connectivity index (χ0n) is 15.2. The summed E-state index contributed by atoms with van der Waals surface area (Å²) in [6.45, 7) is 3.05. The number of carbonyl (C=O) groups is 2. The van der Waals surface area contributed by atoms with Gasteiger partial charge in [-0.2, -0.15) is 0 Å². The molecule has 3 amide bonds. The van der Waals surface area contributed by atoms with Crippen molar-refractivity contribution in [2.24, 2.45) is 0 Å². The summed E-state index contributed by atoms with van der Waals surface area (Å²) in [5, 5.41) is 8.96. The lowest BCUT2D eigenvalue weighted by atomic mass is 10.1. The molecule has 0 bridgehead atoms. The van der Waals surface area contributed by atoms with Crippen LogP contribution in [0.3, 0.4) is 0 Å². The molecule has 1 fully saturated rings. The number of anilines is 2. The Labute approximate surface area is 163 Å². The molecule has 0 spiro atoms. The number of hydrogen-bond acceptors (Lipinski definition) is 4. The van der Waals surface area contributed by atoms with Crippen molar-refractivity contribution in [2.75, 3.05) is 24.2 Å². The molecule has 8 heteroatoms. The van der Waals surface area contributed by atoms with Crippen LogP contribution in [0.4, 0.5) is 16.3 Å². The number of hydrogen-bond donors (Lipinski definition) is 3. The Balaban J connectivity index is 1.60. The van der Waals surface area contributed by atoms with Crippen LogP contribution in [0.2, 0.25) is 5.02 Å². The van der Waals surface area contributed by atoms with Gasteiger partial charge in [-0.25, -0.2) is 9.78 Å². The maximum atomic E-state index is 12.4. The van der Waals surface area contributed by atoms with Gasteiger partial charge >= 0.3 is 6.03 Å². The smallest absolute Gasteiger partial charge is 0.319 e. The molecule has 3 N–H and O–H groups in total. The summed E-state index contributed by atoms with van der Waals surface area (Å²) in [5.74, 6) is 0.0831. The van der Waals surface area contributed by atoms with Crippen LogP contribution in [-0.2, 0) is 0 Å². The largest absolute Gasteiger partial charge is 0.334 e. The predicted molar refractivity (Wildman–Crippen MR) is 106 cm³/mol. The summed E-state index contributed by atoms with van der Waals surface area (Å²) in [5.41, 5.74) is 0.960. The van der Waals surface area contributed by atoms with Gasteiger partial charge in [0.05, 0.1) is 5.02 Å². The van der Waals surface area contributed by atoms with Gasteiger partial charge < -0.3 is 20.9 Å². The van der Waals surface area contributed by atoms with E-state index < -0.39 is 0 Å². The van der Waals surface area contributed by atoms with Gasteiger partial charge in [0.2, 0.25) is 0 Å². The first-order valence-electron chi connectivity index (χ1n) is 8.73. The van der Waals surface area contributed by atoms with Gasteiger partial charge in [-0.3, -0.25) is 4.79 Å². The topological polar surface area (TPSA) is 86.4 Å². The number of benzene rings is 1. The minimum Gasteiger partial charge on any atom is -0.334 e. The SMILES string of the molecule is CC1C(NC(=O)Nc2cccc(C(=O)Nc3ccc(Cl)cn3)c2)CCN1C. The molecule has 0 saturated carbocycles. The summed E-state index contributed by atoms with van der Waals surface area (Å²) >= 11 is 5.79. The van der Waals surface area contributed by atoms with Crippen molar-refractivity contribution in [1.82, 2.24) is 15.2 Å². The van der Waals surface area contributed by atoms with E-state index in [1.807, 2.05) is 7.05 Å². The minimum atomic E-state index is -0.320. The Morgan fingerprint density at radius 2 is 2.04 bits per heavy atom. The third-order valence-electron chi connectivity index (χ3n) is 4.74. The fraction of sp³-hybridized carbons (Fsp3) is 0.316. The maximum Gasteiger partial charge on any atom is 0.319 e. The number of carbonyl (C=O) groups excluding carboxylic acids is 2. The third kappa shape index (κ3) is 4.96. The number of urea groups is 1. The zero-order chi connectivity index (χ0) is 19.4. The van der Waals surface area contributed by atoms with Crippen LogP contribution in [0.15, 0.2) is 42.6 Å². The second-order valence-corrected chi connectivity index (χ2v) is 7.05. The molecule has 2 aromatic rings. The van der Waals surface area contributed by atoms with Crippen LogP contribution in [0, 0.1) is 0 Å². The van der Waals surface area contributed by atoms with E-state index in [0.29, 0.717) is 28.1 Å². The number of nitrogens with one attached hydrogen (secondary N) is 3. The molecular weight excluding hydrogens is 366 g/mol. The van der Waals surface area contributed by atoms with Crippen molar-refractivity contribution in [3.8, 4) is 0 Å². The van der Waals surface area contributed by atoms with E-state index in [-0.39, 0.29) is 18.0 Å². The summed E-state index contributed by atoms with van der Waals surface area (Å²) in [7, 11) is 2.04. The molecule has 2 atom stereocenters. The normalized spacial score (nSPS) is 19.5. The van der Waals surface area contributed by atoms with Gasteiger partial charge in [-0.1, -0.05) is 17.7 Å². The number of amides is 3. The fourth-order valence-corrected chi connectivity index (χ4v) is 3.11. The standard InChI is InChI=1S/C19H22ClN5O2/c1-12-16(8-9-25(12)2)23-19(27)22-15-5-3-4-13(10-15)18(26)24-17-7-6-14(20)11-21-17/h3-7,10-12,16H,8-9H2,1-2H3,(H,21,24,26)(H2,22,23,27). The number of rotatable bonds is 4. The Morgan fingerprint density at radius 3 is 2.70 bits per heavy atom. The predicted octanol–water partition coefficient (Wildman–Crippen LogP) is 3.20. The van der Waals surface area contributed by atoms with Gasteiger partial charge in [0, 0.05) is 36.1 Å². The molecule has 142 valence electrons. The first kappa shape index (κ1) is 19.1. The summed E-state index contributed by atoms with van der Waals surface area (Å²) in [6, 6.07) is 10.1. The van der Waals surface area contributed by atoms with Gasteiger partial charge in [0.1, 0.15) is 5.82 Å². The average molecular weight is 388 g/mol. The van der Waals surface area contributed by atoms with E-state index in [2.05, 4.69) is 32.8 Å². The van der Waals surface area contributed by atoms with E-state index in [0.717, 1.165) is 13.0 Å². The number of likely N-dealkylation sites (N-methyl/N-ethyl adjacent to an activating group) is 1. The third-order valence-corrected chi connectivity index (χ3v) is 4.96. The first-order chi connectivity index (χ1) is 12.9. The minimum absolute atomic E-state index is 0.109. The van der Waals surface area contributed by atoms with Crippen molar-refractivity contribution in [1.29, 1.82) is 0 Å². The van der Waals surface area contributed by atoms with Gasteiger partial charge in [0.15, 0.2) is 0 Å². The van der Waals surface area contributed by atoms with Crippen molar-refractivity contribution in [3.63, 3.8) is 0 Å². The molecule has 2 unspecified atom stereocenters. The van der Waals surface area contributed by atoms with Crippen LogP contribution >= 0.6 is 11.6 Å². The Kier molecular flexibility index (Phi) is 5.93. The summed E-state index contributed by atoms with van der Waals surface area (Å²) in [4.78, 5) is 30.9. The number of likely N-dealkylation sites (tertiary alicyclic amines) is 1. The van der Waals surface area contributed by atoms with Crippen LogP contribution in [-0.4, -0.2) is 47.5 Å². The van der Waals surface area contributed by atoms with Crippen molar-refractivity contribution >= 4 is 35.0 Å². The lowest BCUT2D eigenvalue weighted by Gasteiger charge is -2.21. The van der Waals surface area contributed by atoms with Gasteiger partial charge in [-0.05, 0) is 50.7 Å². The Morgan fingerprint density at radius 1 is 1.22 bits per heavy atom. The molecule has 0 aliphatic carbocycles. The van der Waals surface area contributed by atoms with Crippen molar-refractivity contribution < 1.29 is 9.59 Å². The second kappa shape index (κ2) is 8.37. The lowest BCUT2D eigenvalue weighted by molar-refractivity contribution is 0.102.